The summed E-state index contributed by atoms with van der Waals surface area (Å²) in [6.45, 7) is 0.512. The summed E-state index contributed by atoms with van der Waals surface area (Å²) in [5, 5.41) is 0. The lowest BCUT2D eigenvalue weighted by Crippen LogP contribution is -1.96. The monoisotopic (exact) mass is 265 g/mol. The molecule has 0 atom stereocenters. The van der Waals surface area contributed by atoms with E-state index >= 15 is 0 Å². The van der Waals surface area contributed by atoms with Crippen molar-refractivity contribution in [2.24, 2.45) is 5.73 Å². The maximum atomic E-state index is 5.70. The van der Waals surface area contributed by atoms with E-state index in [0.29, 0.717) is 12.5 Å². The minimum atomic E-state index is 0.512. The van der Waals surface area contributed by atoms with Gasteiger partial charge in [-0.25, -0.2) is 4.98 Å². The first-order valence-electron chi connectivity index (χ1n) is 5.16. The van der Waals surface area contributed by atoms with Crippen LogP contribution in [0.5, 0.6) is 0 Å². The van der Waals surface area contributed by atoms with Crippen LogP contribution < -0.4 is 5.73 Å². The molecule has 1 fully saturated rings. The Bertz CT molecular complexity index is 514. The third-order valence-corrected chi connectivity index (χ3v) is 3.31. The molecule has 0 aromatic carbocycles. The minimum Gasteiger partial charge on any atom is -0.325 e. The summed E-state index contributed by atoms with van der Waals surface area (Å²) in [7, 11) is 0. The predicted molar refractivity (Wildman–Crippen MR) is 62.8 cm³/mol. The molecule has 2 heterocycles. The summed E-state index contributed by atoms with van der Waals surface area (Å²) in [6.07, 6.45) is 4.60. The molecule has 0 amide bonds. The second kappa shape index (κ2) is 3.32. The van der Waals surface area contributed by atoms with Crippen molar-refractivity contribution in [2.45, 2.75) is 25.3 Å². The Kier molecular flexibility index (Phi) is 2.07. The van der Waals surface area contributed by atoms with Gasteiger partial charge in [-0.15, -0.1) is 0 Å². The van der Waals surface area contributed by atoms with Gasteiger partial charge in [0, 0.05) is 23.1 Å². The largest absolute Gasteiger partial charge is 0.325 e. The number of pyridine rings is 1. The van der Waals surface area contributed by atoms with E-state index in [1.54, 1.807) is 0 Å². The van der Waals surface area contributed by atoms with Crippen LogP contribution in [0.3, 0.4) is 0 Å². The second-order valence-corrected chi connectivity index (χ2v) is 4.91. The number of halogens is 1. The van der Waals surface area contributed by atoms with Crippen molar-refractivity contribution in [1.82, 2.24) is 9.38 Å². The van der Waals surface area contributed by atoms with E-state index in [1.165, 1.54) is 18.7 Å². The number of rotatable bonds is 2. The Balaban J connectivity index is 2.29. The van der Waals surface area contributed by atoms with Gasteiger partial charge < -0.3 is 10.1 Å². The molecule has 2 N–H and O–H groups in total. The lowest BCUT2D eigenvalue weighted by Gasteiger charge is -1.99. The summed E-state index contributed by atoms with van der Waals surface area (Å²) >= 11 is 3.49. The summed E-state index contributed by atoms with van der Waals surface area (Å²) in [5.74, 6) is 1.82. The standard InChI is InChI=1S/C11H12BrN3/c12-8-3-4-10-9(5-13)14-11(7-1-2-7)15(10)6-8/h3-4,6-7H,1-2,5,13H2. The van der Waals surface area contributed by atoms with Crippen LogP contribution in [0.2, 0.25) is 0 Å². The number of hydrogen-bond donors (Lipinski definition) is 1. The minimum absolute atomic E-state index is 0.512. The molecule has 1 aliphatic rings. The molecule has 2 aromatic heterocycles. The van der Waals surface area contributed by atoms with Gasteiger partial charge in [-0.3, -0.25) is 0 Å². The van der Waals surface area contributed by atoms with Crippen LogP contribution >= 0.6 is 15.9 Å². The second-order valence-electron chi connectivity index (χ2n) is 4.00. The van der Waals surface area contributed by atoms with Gasteiger partial charge in [0.05, 0.1) is 11.2 Å². The number of imidazole rings is 1. The molecule has 0 bridgehead atoms. The highest BCUT2D eigenvalue weighted by Crippen LogP contribution is 2.40. The normalized spacial score (nSPS) is 16.1. The fourth-order valence-electron chi connectivity index (χ4n) is 1.93. The van der Waals surface area contributed by atoms with Gasteiger partial charge in [-0.1, -0.05) is 0 Å². The number of nitrogens with zero attached hydrogens (tertiary/aromatic N) is 2. The van der Waals surface area contributed by atoms with Gasteiger partial charge in [0.2, 0.25) is 0 Å². The smallest absolute Gasteiger partial charge is 0.116 e. The van der Waals surface area contributed by atoms with E-state index in [4.69, 9.17) is 5.73 Å². The number of aromatic nitrogens is 2. The molecular weight excluding hydrogens is 254 g/mol. The van der Waals surface area contributed by atoms with Crippen molar-refractivity contribution < 1.29 is 0 Å². The molecule has 15 heavy (non-hydrogen) atoms. The predicted octanol–water partition coefficient (Wildman–Crippen LogP) is 2.43. The molecule has 3 nitrogen and oxygen atoms in total. The maximum Gasteiger partial charge on any atom is 0.116 e. The van der Waals surface area contributed by atoms with Gasteiger partial charge in [-0.2, -0.15) is 0 Å². The highest BCUT2D eigenvalue weighted by atomic mass is 79.9. The summed E-state index contributed by atoms with van der Waals surface area (Å²) in [5.41, 5.74) is 7.85. The number of fused-ring (bicyclic) bond motifs is 1. The summed E-state index contributed by atoms with van der Waals surface area (Å²) < 4.78 is 3.25. The van der Waals surface area contributed by atoms with E-state index in [9.17, 15) is 0 Å². The van der Waals surface area contributed by atoms with Gasteiger partial charge in [0.25, 0.3) is 0 Å². The molecule has 0 unspecified atom stereocenters. The Morgan fingerprint density at radius 2 is 2.27 bits per heavy atom. The van der Waals surface area contributed by atoms with Gasteiger partial charge in [0.1, 0.15) is 5.82 Å². The summed E-state index contributed by atoms with van der Waals surface area (Å²) in [6, 6.07) is 4.11. The SMILES string of the molecule is NCc1nc(C2CC2)n2cc(Br)ccc12. The first-order valence-corrected chi connectivity index (χ1v) is 5.95. The number of hydrogen-bond acceptors (Lipinski definition) is 2. The van der Waals surface area contributed by atoms with Crippen molar-refractivity contribution in [3.63, 3.8) is 0 Å². The molecule has 0 aliphatic heterocycles. The summed E-state index contributed by atoms with van der Waals surface area (Å²) in [4.78, 5) is 4.63. The Labute approximate surface area is 96.4 Å². The molecular formula is C11H12BrN3. The Morgan fingerprint density at radius 1 is 1.47 bits per heavy atom. The zero-order valence-electron chi connectivity index (χ0n) is 8.28. The maximum absolute atomic E-state index is 5.70. The van der Waals surface area contributed by atoms with Gasteiger partial charge >= 0.3 is 0 Å². The van der Waals surface area contributed by atoms with E-state index in [-0.39, 0.29) is 0 Å². The fraction of sp³-hybridized carbons (Fsp3) is 0.364. The Hall–Kier alpha value is -0.870. The van der Waals surface area contributed by atoms with Crippen LogP contribution in [0.15, 0.2) is 22.8 Å². The molecule has 0 spiro atoms. The first kappa shape index (κ1) is 9.36. The van der Waals surface area contributed by atoms with E-state index in [2.05, 4.69) is 37.6 Å². The molecule has 0 saturated heterocycles. The average molecular weight is 266 g/mol. The highest BCUT2D eigenvalue weighted by Gasteiger charge is 2.28. The lowest BCUT2D eigenvalue weighted by atomic mass is 10.3. The molecule has 1 saturated carbocycles. The van der Waals surface area contributed by atoms with Gasteiger partial charge in [-0.05, 0) is 40.9 Å². The highest BCUT2D eigenvalue weighted by molar-refractivity contribution is 9.10. The van der Waals surface area contributed by atoms with Crippen molar-refractivity contribution in [3.8, 4) is 0 Å². The van der Waals surface area contributed by atoms with Crippen LogP contribution in [-0.4, -0.2) is 9.38 Å². The van der Waals surface area contributed by atoms with E-state index in [0.717, 1.165) is 15.7 Å². The van der Waals surface area contributed by atoms with Crippen molar-refractivity contribution in [3.05, 3.63) is 34.3 Å². The molecule has 0 radical (unpaired) electrons. The van der Waals surface area contributed by atoms with Crippen LogP contribution in [0.25, 0.3) is 5.52 Å². The molecule has 3 rings (SSSR count). The van der Waals surface area contributed by atoms with Crippen LogP contribution in [0.4, 0.5) is 0 Å². The zero-order chi connectivity index (χ0) is 10.4. The van der Waals surface area contributed by atoms with Crippen LogP contribution in [0.1, 0.15) is 30.3 Å². The van der Waals surface area contributed by atoms with E-state index in [1.807, 2.05) is 6.07 Å². The fourth-order valence-corrected chi connectivity index (χ4v) is 2.27. The Morgan fingerprint density at radius 3 is 2.93 bits per heavy atom. The van der Waals surface area contributed by atoms with E-state index < -0.39 is 0 Å². The molecule has 1 aliphatic carbocycles. The third-order valence-electron chi connectivity index (χ3n) is 2.84. The zero-order valence-corrected chi connectivity index (χ0v) is 9.87. The van der Waals surface area contributed by atoms with Crippen molar-refractivity contribution in [2.75, 3.05) is 0 Å². The first-order chi connectivity index (χ1) is 7.29. The lowest BCUT2D eigenvalue weighted by molar-refractivity contribution is 0.902. The molecule has 4 heteroatoms. The average Bonchev–Trinajstić information content (AvgIpc) is 3.00. The van der Waals surface area contributed by atoms with Crippen LogP contribution in [0, 0.1) is 0 Å². The molecule has 78 valence electrons. The van der Waals surface area contributed by atoms with Crippen molar-refractivity contribution in [1.29, 1.82) is 0 Å². The quantitative estimate of drug-likeness (QED) is 0.907. The van der Waals surface area contributed by atoms with Crippen LogP contribution in [-0.2, 0) is 6.54 Å². The van der Waals surface area contributed by atoms with Crippen molar-refractivity contribution >= 4 is 21.4 Å². The third kappa shape index (κ3) is 1.48. The number of nitrogens with two attached hydrogens (primary N) is 1. The topological polar surface area (TPSA) is 43.3 Å². The van der Waals surface area contributed by atoms with Gasteiger partial charge in [0.15, 0.2) is 0 Å². The molecule has 2 aromatic rings.